The standard InChI is InChI=1S/C36H59FO2Si2/c1-26(16-14-22-35(6,7)39-40(9,10)11)31-20-21-32-28(17-15-23-36(31,32)8)18-19-29-24-30(25-33(37)27(29)2)38-41(12,13)34(3,4)5/h18-20,26,30,32-33H,2,15-17,21,23-25H2,1,3-13H3/t26-,30+,32+,33-,36-/m1/s1. The van der Waals surface area contributed by atoms with Crippen LogP contribution in [0.2, 0.25) is 37.8 Å². The van der Waals surface area contributed by atoms with Crippen LogP contribution in [-0.4, -0.2) is 34.5 Å². The number of hydrogen-bond acceptors (Lipinski definition) is 2. The van der Waals surface area contributed by atoms with Gasteiger partial charge in [0, 0.05) is 12.8 Å². The predicted octanol–water partition coefficient (Wildman–Crippen LogP) is 10.7. The van der Waals surface area contributed by atoms with Crippen molar-refractivity contribution < 1.29 is 13.2 Å². The van der Waals surface area contributed by atoms with Crippen LogP contribution in [0.3, 0.4) is 0 Å². The Bertz CT molecular complexity index is 1130. The van der Waals surface area contributed by atoms with E-state index in [0.717, 1.165) is 31.3 Å². The molecule has 2 saturated carbocycles. The van der Waals surface area contributed by atoms with Crippen molar-refractivity contribution in [2.45, 2.75) is 149 Å². The fourth-order valence-corrected chi connectivity index (χ4v) is 9.98. The van der Waals surface area contributed by atoms with E-state index in [9.17, 15) is 0 Å². The number of alkyl halides is 1. The number of fused-ring (bicyclic) bond motifs is 1. The van der Waals surface area contributed by atoms with Crippen molar-refractivity contribution in [3.8, 4) is 11.8 Å². The van der Waals surface area contributed by atoms with Gasteiger partial charge in [-0.25, -0.2) is 4.39 Å². The minimum Gasteiger partial charge on any atom is -0.413 e. The van der Waals surface area contributed by atoms with Crippen LogP contribution in [-0.2, 0) is 8.85 Å². The third-order valence-corrected chi connectivity index (χ3v) is 15.6. The lowest BCUT2D eigenvalue weighted by atomic mass is 9.62. The van der Waals surface area contributed by atoms with E-state index in [0.29, 0.717) is 23.8 Å². The third-order valence-electron chi connectivity index (χ3n) is 9.98. The number of halogens is 1. The van der Waals surface area contributed by atoms with Gasteiger partial charge >= 0.3 is 0 Å². The molecule has 0 bridgehead atoms. The van der Waals surface area contributed by atoms with Crippen LogP contribution in [0.25, 0.3) is 0 Å². The minimum atomic E-state index is -1.97. The number of hydrogen-bond donors (Lipinski definition) is 0. The molecule has 3 aliphatic rings. The lowest BCUT2D eigenvalue weighted by molar-refractivity contribution is 0.131. The molecule has 0 heterocycles. The molecule has 2 nitrogen and oxygen atoms in total. The lowest BCUT2D eigenvalue weighted by Crippen LogP contribution is -2.45. The van der Waals surface area contributed by atoms with Gasteiger partial charge in [0.25, 0.3) is 0 Å². The summed E-state index contributed by atoms with van der Waals surface area (Å²) in [5.74, 6) is 7.85. The molecule has 0 spiro atoms. The van der Waals surface area contributed by atoms with Gasteiger partial charge in [0.2, 0.25) is 0 Å². The van der Waals surface area contributed by atoms with Crippen molar-refractivity contribution in [1.29, 1.82) is 0 Å². The van der Waals surface area contributed by atoms with Gasteiger partial charge in [0.15, 0.2) is 16.6 Å². The lowest BCUT2D eigenvalue weighted by Gasteiger charge is -2.42. The zero-order valence-electron chi connectivity index (χ0n) is 28.4. The Kier molecular flexibility index (Phi) is 10.4. The molecule has 0 N–H and O–H groups in total. The molecule has 0 aromatic heterocycles. The summed E-state index contributed by atoms with van der Waals surface area (Å²) in [6.45, 7) is 31.1. The maximum absolute atomic E-state index is 15.1. The molecular weight excluding hydrogens is 540 g/mol. The van der Waals surface area contributed by atoms with Gasteiger partial charge in [-0.05, 0) is 112 Å². The zero-order chi connectivity index (χ0) is 31.0. The predicted molar refractivity (Wildman–Crippen MR) is 180 cm³/mol. The van der Waals surface area contributed by atoms with Crippen LogP contribution >= 0.6 is 0 Å². The molecule has 0 aromatic rings. The molecule has 5 heteroatoms. The largest absolute Gasteiger partial charge is 0.413 e. The van der Waals surface area contributed by atoms with Crippen molar-refractivity contribution in [2.24, 2.45) is 17.3 Å². The molecule has 2 fully saturated rings. The van der Waals surface area contributed by atoms with Crippen molar-refractivity contribution in [3.63, 3.8) is 0 Å². The summed E-state index contributed by atoms with van der Waals surface area (Å²) in [7, 11) is -3.61. The van der Waals surface area contributed by atoms with Crippen molar-refractivity contribution in [1.82, 2.24) is 0 Å². The summed E-state index contributed by atoms with van der Waals surface area (Å²) in [4.78, 5) is 0. The van der Waals surface area contributed by atoms with Gasteiger partial charge in [0.05, 0.1) is 6.10 Å². The average Bonchev–Trinajstić information content (AvgIpc) is 3.15. The second-order valence-corrected chi connectivity index (χ2v) is 25.4. The van der Waals surface area contributed by atoms with E-state index < -0.39 is 28.4 Å². The monoisotopic (exact) mass is 598 g/mol. The average molecular weight is 599 g/mol. The Labute approximate surface area is 254 Å². The van der Waals surface area contributed by atoms with Crippen LogP contribution in [0.15, 0.2) is 47.1 Å². The van der Waals surface area contributed by atoms with Crippen LogP contribution < -0.4 is 0 Å². The van der Waals surface area contributed by atoms with Gasteiger partial charge in [0.1, 0.15) is 11.8 Å². The van der Waals surface area contributed by atoms with Crippen molar-refractivity contribution in [2.75, 3.05) is 0 Å². The van der Waals surface area contributed by atoms with E-state index in [1.165, 1.54) is 18.4 Å². The summed E-state index contributed by atoms with van der Waals surface area (Å²) < 4.78 is 28.1. The fourth-order valence-electron chi connectivity index (χ4n) is 7.03. The van der Waals surface area contributed by atoms with E-state index in [1.807, 2.05) is 0 Å². The summed E-state index contributed by atoms with van der Waals surface area (Å²) in [6, 6.07) is 0. The Hall–Kier alpha value is -1.20. The second-order valence-electron chi connectivity index (χ2n) is 16.2. The second kappa shape index (κ2) is 12.4. The maximum Gasteiger partial charge on any atom is 0.192 e. The van der Waals surface area contributed by atoms with E-state index in [4.69, 9.17) is 8.85 Å². The fraction of sp³-hybridized carbons (Fsp3) is 0.722. The van der Waals surface area contributed by atoms with E-state index in [-0.39, 0.29) is 16.6 Å². The molecule has 230 valence electrons. The van der Waals surface area contributed by atoms with E-state index in [2.05, 4.69) is 118 Å². The first kappa shape index (κ1) is 34.3. The van der Waals surface area contributed by atoms with Gasteiger partial charge in [-0.1, -0.05) is 82.4 Å². The first-order valence-electron chi connectivity index (χ1n) is 16.0. The molecule has 0 aliphatic heterocycles. The molecular formula is C36H59FO2Si2. The Morgan fingerprint density at radius 3 is 2.41 bits per heavy atom. The van der Waals surface area contributed by atoms with Crippen LogP contribution in [0, 0.1) is 29.1 Å². The molecule has 0 aromatic carbocycles. The van der Waals surface area contributed by atoms with Crippen molar-refractivity contribution >= 4 is 16.6 Å². The van der Waals surface area contributed by atoms with Crippen LogP contribution in [0.1, 0.15) is 93.4 Å². The van der Waals surface area contributed by atoms with Crippen LogP contribution in [0.5, 0.6) is 0 Å². The smallest absolute Gasteiger partial charge is 0.192 e. The SMILES string of the molecule is C=C1C(=CC=C2CCC[C@]3(C)C([C@H](C)CC#CC(C)(C)O[Si](C)(C)C)=CC[C@@H]23)C[C@H](O[Si](C)(C)C(C)(C)C)C[C@H]1F. The highest BCUT2D eigenvalue weighted by atomic mass is 28.4. The Morgan fingerprint density at radius 1 is 1.15 bits per heavy atom. The molecule has 0 amide bonds. The highest BCUT2D eigenvalue weighted by molar-refractivity contribution is 6.74. The first-order valence-corrected chi connectivity index (χ1v) is 22.3. The number of allylic oxidation sites excluding steroid dienone is 6. The quantitative estimate of drug-likeness (QED) is 0.165. The molecule has 0 saturated heterocycles. The van der Waals surface area contributed by atoms with Gasteiger partial charge < -0.3 is 8.85 Å². The van der Waals surface area contributed by atoms with Gasteiger partial charge in [-0.3, -0.25) is 0 Å². The molecule has 3 rings (SSSR count). The van der Waals surface area contributed by atoms with Crippen molar-refractivity contribution in [3.05, 3.63) is 47.1 Å². The molecule has 0 radical (unpaired) electrons. The summed E-state index contributed by atoms with van der Waals surface area (Å²) in [6.07, 6.45) is 12.6. The van der Waals surface area contributed by atoms with Gasteiger partial charge in [-0.15, -0.1) is 0 Å². The van der Waals surface area contributed by atoms with E-state index in [1.54, 1.807) is 5.57 Å². The highest BCUT2D eigenvalue weighted by Crippen LogP contribution is 2.57. The highest BCUT2D eigenvalue weighted by Gasteiger charge is 2.46. The topological polar surface area (TPSA) is 18.5 Å². The van der Waals surface area contributed by atoms with Crippen LogP contribution in [0.4, 0.5) is 4.39 Å². The van der Waals surface area contributed by atoms with Gasteiger partial charge in [-0.2, -0.15) is 0 Å². The zero-order valence-corrected chi connectivity index (χ0v) is 30.4. The molecule has 0 unspecified atom stereocenters. The summed E-state index contributed by atoms with van der Waals surface area (Å²) >= 11 is 0. The van der Waals surface area contributed by atoms with E-state index >= 15 is 4.39 Å². The minimum absolute atomic E-state index is 0.0690. The summed E-state index contributed by atoms with van der Waals surface area (Å²) in [5, 5.41) is 0.111. The summed E-state index contributed by atoms with van der Waals surface area (Å²) in [5.41, 5.74) is 4.54. The Morgan fingerprint density at radius 2 is 1.80 bits per heavy atom. The molecule has 3 aliphatic carbocycles. The molecule has 41 heavy (non-hydrogen) atoms. The molecule has 5 atom stereocenters. The third kappa shape index (κ3) is 8.46. The normalized spacial score (nSPS) is 30.6. The maximum atomic E-state index is 15.1. The first-order chi connectivity index (χ1) is 18.7. The Balaban J connectivity index is 1.74. The number of rotatable bonds is 7.